The van der Waals surface area contributed by atoms with Crippen LogP contribution >= 0.6 is 0 Å². The summed E-state index contributed by atoms with van der Waals surface area (Å²) in [6.07, 6.45) is 3.17. The highest BCUT2D eigenvalue weighted by Gasteiger charge is 2.26. The maximum atomic E-state index is 12.9. The highest BCUT2D eigenvalue weighted by molar-refractivity contribution is 5.95. The Labute approximate surface area is 171 Å². The minimum Gasteiger partial charge on any atom is -0.459 e. The van der Waals surface area contributed by atoms with Gasteiger partial charge in [-0.1, -0.05) is 5.21 Å². The fourth-order valence-electron chi connectivity index (χ4n) is 3.54. The van der Waals surface area contributed by atoms with E-state index in [1.165, 1.54) is 6.26 Å². The quantitative estimate of drug-likeness (QED) is 0.520. The zero-order valence-electron chi connectivity index (χ0n) is 16.0. The summed E-state index contributed by atoms with van der Waals surface area (Å²) in [5.74, 6) is 0.110. The van der Waals surface area contributed by atoms with Crippen molar-refractivity contribution in [3.8, 4) is 5.69 Å². The van der Waals surface area contributed by atoms with Gasteiger partial charge in [-0.15, -0.1) is 5.10 Å². The first-order valence-electron chi connectivity index (χ1n) is 9.59. The van der Waals surface area contributed by atoms with E-state index in [2.05, 4.69) is 15.3 Å². The van der Waals surface area contributed by atoms with Crippen LogP contribution in [0.2, 0.25) is 0 Å². The molecule has 0 bridgehead atoms. The molecule has 0 unspecified atom stereocenters. The number of piperazine rings is 1. The molecule has 0 atom stereocenters. The second-order valence-corrected chi connectivity index (χ2v) is 6.96. The Bertz CT molecular complexity index is 1190. The van der Waals surface area contributed by atoms with Crippen LogP contribution in [0.5, 0.6) is 0 Å². The van der Waals surface area contributed by atoms with E-state index in [-0.39, 0.29) is 11.8 Å². The molecule has 9 nitrogen and oxygen atoms in total. The number of carbonyl (C=O) groups excluding carboxylic acids is 2. The van der Waals surface area contributed by atoms with Crippen molar-refractivity contribution in [3.63, 3.8) is 0 Å². The summed E-state index contributed by atoms with van der Waals surface area (Å²) in [5, 5.41) is 8.24. The molecular weight excluding hydrogens is 384 g/mol. The smallest absolute Gasteiger partial charge is 0.289 e. The van der Waals surface area contributed by atoms with Gasteiger partial charge in [-0.2, -0.15) is 4.68 Å². The van der Waals surface area contributed by atoms with Crippen LogP contribution in [0.3, 0.4) is 0 Å². The Balaban J connectivity index is 1.26. The molecular formula is C21H18N6O3. The fraction of sp³-hybridized carbons (Fsp3) is 0.190. The predicted molar refractivity (Wildman–Crippen MR) is 107 cm³/mol. The van der Waals surface area contributed by atoms with Gasteiger partial charge in [-0.05, 0) is 48.5 Å². The van der Waals surface area contributed by atoms with E-state index < -0.39 is 0 Å². The average molecular weight is 402 g/mol. The molecule has 1 aromatic carbocycles. The number of carbonyl (C=O) groups is 2. The van der Waals surface area contributed by atoms with Crippen LogP contribution in [-0.4, -0.2) is 67.8 Å². The summed E-state index contributed by atoms with van der Waals surface area (Å²) in [5.41, 5.74) is 2.73. The van der Waals surface area contributed by atoms with E-state index in [0.717, 1.165) is 5.69 Å². The first kappa shape index (κ1) is 18.0. The molecule has 0 radical (unpaired) electrons. The third-order valence-corrected chi connectivity index (χ3v) is 5.15. The van der Waals surface area contributed by atoms with Gasteiger partial charge in [-0.25, -0.2) is 4.98 Å². The van der Waals surface area contributed by atoms with Crippen molar-refractivity contribution in [1.82, 2.24) is 29.8 Å². The Kier molecular flexibility index (Phi) is 4.47. The molecule has 0 saturated carbocycles. The van der Waals surface area contributed by atoms with Crippen molar-refractivity contribution < 1.29 is 14.0 Å². The van der Waals surface area contributed by atoms with Gasteiger partial charge in [-0.3, -0.25) is 9.59 Å². The highest BCUT2D eigenvalue weighted by Crippen LogP contribution is 2.17. The third kappa shape index (κ3) is 3.20. The number of benzene rings is 1. The van der Waals surface area contributed by atoms with Crippen molar-refractivity contribution in [2.75, 3.05) is 26.2 Å². The van der Waals surface area contributed by atoms with E-state index in [1.54, 1.807) is 44.9 Å². The monoisotopic (exact) mass is 402 g/mol. The Hall–Kier alpha value is -4.01. The molecule has 0 spiro atoms. The SMILES string of the molecule is O=C(c1ccc(-n2nnc3cccnc32)cc1)N1CCN(C(=O)c2ccco2)CC1. The first-order valence-corrected chi connectivity index (χ1v) is 9.59. The number of aromatic nitrogens is 4. The standard InChI is InChI=1S/C21H18N6O3/c28-20(25-10-12-26(13-11-25)21(29)18-4-2-14-30-18)15-5-7-16(8-6-15)27-19-17(23-24-27)3-1-9-22-19/h1-9,14H,10-13H2. The molecule has 9 heteroatoms. The lowest BCUT2D eigenvalue weighted by Gasteiger charge is -2.34. The number of pyridine rings is 1. The van der Waals surface area contributed by atoms with Crippen LogP contribution < -0.4 is 0 Å². The molecule has 3 aromatic heterocycles. The summed E-state index contributed by atoms with van der Waals surface area (Å²) in [6.45, 7) is 1.90. The second kappa shape index (κ2) is 7.43. The van der Waals surface area contributed by atoms with E-state index in [4.69, 9.17) is 4.42 Å². The molecule has 0 N–H and O–H groups in total. The molecule has 0 aliphatic carbocycles. The molecule has 1 aliphatic rings. The minimum absolute atomic E-state index is 0.0618. The molecule has 30 heavy (non-hydrogen) atoms. The number of furan rings is 1. The number of amides is 2. The Morgan fingerprint density at radius 2 is 1.60 bits per heavy atom. The van der Waals surface area contributed by atoms with Crippen molar-refractivity contribution >= 4 is 23.0 Å². The maximum Gasteiger partial charge on any atom is 0.289 e. The lowest BCUT2D eigenvalue weighted by atomic mass is 10.1. The zero-order valence-corrected chi connectivity index (χ0v) is 16.0. The summed E-state index contributed by atoms with van der Waals surface area (Å²) < 4.78 is 6.81. The van der Waals surface area contributed by atoms with E-state index in [0.29, 0.717) is 48.7 Å². The average Bonchev–Trinajstić information content (AvgIpc) is 3.49. The van der Waals surface area contributed by atoms with Gasteiger partial charge in [0, 0.05) is 37.9 Å². The lowest BCUT2D eigenvalue weighted by molar-refractivity contribution is 0.0518. The van der Waals surface area contributed by atoms with Crippen molar-refractivity contribution in [2.45, 2.75) is 0 Å². The van der Waals surface area contributed by atoms with Crippen LogP contribution in [0.4, 0.5) is 0 Å². The van der Waals surface area contributed by atoms with Gasteiger partial charge < -0.3 is 14.2 Å². The van der Waals surface area contributed by atoms with Crippen LogP contribution in [-0.2, 0) is 0 Å². The number of hydrogen-bond donors (Lipinski definition) is 0. The van der Waals surface area contributed by atoms with Gasteiger partial charge in [0.2, 0.25) is 0 Å². The van der Waals surface area contributed by atoms with E-state index in [9.17, 15) is 9.59 Å². The summed E-state index contributed by atoms with van der Waals surface area (Å²) in [7, 11) is 0. The first-order chi connectivity index (χ1) is 14.7. The molecule has 150 valence electrons. The van der Waals surface area contributed by atoms with Crippen LogP contribution in [0.15, 0.2) is 65.4 Å². The Morgan fingerprint density at radius 3 is 2.30 bits per heavy atom. The number of nitrogens with zero attached hydrogens (tertiary/aromatic N) is 6. The molecule has 1 saturated heterocycles. The fourth-order valence-corrected chi connectivity index (χ4v) is 3.54. The van der Waals surface area contributed by atoms with Gasteiger partial charge in [0.25, 0.3) is 11.8 Å². The maximum absolute atomic E-state index is 12.9. The molecule has 1 fully saturated rings. The lowest BCUT2D eigenvalue weighted by Crippen LogP contribution is -2.50. The molecule has 2 amide bonds. The molecule has 5 rings (SSSR count). The summed E-state index contributed by atoms with van der Waals surface area (Å²) in [6, 6.07) is 14.2. The van der Waals surface area contributed by atoms with Gasteiger partial charge in [0.05, 0.1) is 12.0 Å². The predicted octanol–water partition coefficient (Wildman–Crippen LogP) is 2.01. The van der Waals surface area contributed by atoms with Crippen LogP contribution in [0.1, 0.15) is 20.9 Å². The third-order valence-electron chi connectivity index (χ3n) is 5.15. The van der Waals surface area contributed by atoms with Crippen LogP contribution in [0, 0.1) is 0 Å². The highest BCUT2D eigenvalue weighted by atomic mass is 16.3. The van der Waals surface area contributed by atoms with Crippen molar-refractivity contribution in [2.24, 2.45) is 0 Å². The summed E-state index contributed by atoms with van der Waals surface area (Å²) in [4.78, 5) is 33.0. The Morgan fingerprint density at radius 1 is 0.867 bits per heavy atom. The van der Waals surface area contributed by atoms with Gasteiger partial charge >= 0.3 is 0 Å². The second-order valence-electron chi connectivity index (χ2n) is 6.96. The molecule has 4 aromatic rings. The molecule has 1 aliphatic heterocycles. The number of hydrogen-bond acceptors (Lipinski definition) is 6. The number of fused-ring (bicyclic) bond motifs is 1. The van der Waals surface area contributed by atoms with Crippen molar-refractivity contribution in [1.29, 1.82) is 0 Å². The summed E-state index contributed by atoms with van der Waals surface area (Å²) >= 11 is 0. The van der Waals surface area contributed by atoms with E-state index in [1.807, 2.05) is 24.3 Å². The van der Waals surface area contributed by atoms with Crippen LogP contribution in [0.25, 0.3) is 16.9 Å². The molecule has 4 heterocycles. The minimum atomic E-state index is -0.148. The van der Waals surface area contributed by atoms with E-state index >= 15 is 0 Å². The largest absolute Gasteiger partial charge is 0.459 e. The van der Waals surface area contributed by atoms with Gasteiger partial charge in [0.1, 0.15) is 5.52 Å². The normalized spacial score (nSPS) is 14.3. The zero-order chi connectivity index (χ0) is 20.5. The topological polar surface area (TPSA) is 97.4 Å². The van der Waals surface area contributed by atoms with Crippen molar-refractivity contribution in [3.05, 3.63) is 72.3 Å². The number of rotatable bonds is 3. The van der Waals surface area contributed by atoms with Gasteiger partial charge in [0.15, 0.2) is 11.4 Å².